The summed E-state index contributed by atoms with van der Waals surface area (Å²) in [6.45, 7) is 0.449. The van der Waals surface area contributed by atoms with Crippen LogP contribution in [0.3, 0.4) is 0 Å². The second kappa shape index (κ2) is 6.67. The van der Waals surface area contributed by atoms with Crippen molar-refractivity contribution in [2.24, 2.45) is 0 Å². The van der Waals surface area contributed by atoms with Crippen LogP contribution in [-0.4, -0.2) is 38.9 Å². The van der Waals surface area contributed by atoms with Crippen molar-refractivity contribution < 1.29 is 18.3 Å². The molecule has 0 amide bonds. The lowest BCUT2D eigenvalue weighted by Crippen LogP contribution is -2.43. The van der Waals surface area contributed by atoms with E-state index < -0.39 is 15.6 Å². The molecule has 1 aromatic carbocycles. The zero-order valence-corrected chi connectivity index (χ0v) is 12.2. The van der Waals surface area contributed by atoms with Crippen LogP contribution in [0.2, 0.25) is 0 Å². The average Bonchev–Trinajstić information content (AvgIpc) is 2.94. The molecule has 0 aliphatic heterocycles. The van der Waals surface area contributed by atoms with Crippen LogP contribution in [0.1, 0.15) is 25.7 Å². The number of aliphatic hydroxyl groups is 1. The predicted molar refractivity (Wildman–Crippen MR) is 75.9 cm³/mol. The van der Waals surface area contributed by atoms with E-state index in [1.807, 2.05) is 0 Å². The zero-order valence-electron chi connectivity index (χ0n) is 11.4. The third-order valence-corrected chi connectivity index (χ3v) is 5.07. The molecule has 0 bridgehead atoms. The maximum absolute atomic E-state index is 12.2. The van der Waals surface area contributed by atoms with E-state index >= 15 is 0 Å². The van der Waals surface area contributed by atoms with Crippen LogP contribution in [0.25, 0.3) is 0 Å². The molecular formula is C14H21NO4S. The summed E-state index contributed by atoms with van der Waals surface area (Å²) >= 11 is 0. The van der Waals surface area contributed by atoms with E-state index in [4.69, 9.17) is 9.84 Å². The number of hydrogen-bond donors (Lipinski definition) is 2. The highest BCUT2D eigenvalue weighted by molar-refractivity contribution is 7.89. The molecule has 1 fully saturated rings. The highest BCUT2D eigenvalue weighted by atomic mass is 32.2. The second-order valence-electron chi connectivity index (χ2n) is 5.10. The van der Waals surface area contributed by atoms with Gasteiger partial charge in [0.1, 0.15) is 0 Å². The topological polar surface area (TPSA) is 75.6 Å². The molecule has 1 aromatic rings. The van der Waals surface area contributed by atoms with Gasteiger partial charge >= 0.3 is 0 Å². The molecule has 1 aliphatic carbocycles. The summed E-state index contributed by atoms with van der Waals surface area (Å²) in [6, 6.07) is 8.31. The molecule has 0 unspecified atom stereocenters. The normalized spacial score (nSPS) is 18.2. The van der Waals surface area contributed by atoms with Crippen molar-refractivity contribution >= 4 is 10.0 Å². The molecule has 1 saturated carbocycles. The lowest BCUT2D eigenvalue weighted by atomic mass is 10.0. The first-order chi connectivity index (χ1) is 9.58. The van der Waals surface area contributed by atoms with Crippen LogP contribution >= 0.6 is 0 Å². The van der Waals surface area contributed by atoms with Crippen molar-refractivity contribution in [3.8, 4) is 0 Å². The molecule has 0 atom stereocenters. The quantitative estimate of drug-likeness (QED) is 0.795. The molecule has 0 aromatic heterocycles. The molecular weight excluding hydrogens is 278 g/mol. The Balaban J connectivity index is 2.02. The molecule has 6 heteroatoms. The maximum atomic E-state index is 12.2. The van der Waals surface area contributed by atoms with Crippen molar-refractivity contribution in [3.05, 3.63) is 30.3 Å². The fourth-order valence-electron chi connectivity index (χ4n) is 2.56. The highest BCUT2D eigenvalue weighted by Crippen LogP contribution is 2.32. The van der Waals surface area contributed by atoms with Gasteiger partial charge < -0.3 is 9.84 Å². The number of aliphatic hydroxyl groups excluding tert-OH is 1. The van der Waals surface area contributed by atoms with Crippen LogP contribution in [0.4, 0.5) is 0 Å². The molecule has 0 heterocycles. The SMILES string of the molecule is O=S(=O)(NCC1(OCCO)CCCC1)c1ccccc1. The fraction of sp³-hybridized carbons (Fsp3) is 0.571. The number of hydrogen-bond acceptors (Lipinski definition) is 4. The number of nitrogens with one attached hydrogen (secondary N) is 1. The Morgan fingerprint density at radius 3 is 2.45 bits per heavy atom. The lowest BCUT2D eigenvalue weighted by molar-refractivity contribution is -0.0492. The van der Waals surface area contributed by atoms with Gasteiger partial charge in [0.25, 0.3) is 0 Å². The number of rotatable bonds is 7. The Bertz CT molecular complexity index is 509. The lowest BCUT2D eigenvalue weighted by Gasteiger charge is -2.29. The van der Waals surface area contributed by atoms with Crippen molar-refractivity contribution in [2.45, 2.75) is 36.2 Å². The minimum atomic E-state index is -3.50. The van der Waals surface area contributed by atoms with E-state index in [0.29, 0.717) is 0 Å². The minimum Gasteiger partial charge on any atom is -0.394 e. The van der Waals surface area contributed by atoms with Crippen molar-refractivity contribution in [3.63, 3.8) is 0 Å². The molecule has 0 radical (unpaired) electrons. The summed E-state index contributed by atoms with van der Waals surface area (Å²) in [7, 11) is -3.50. The van der Waals surface area contributed by atoms with Gasteiger partial charge in [-0.25, -0.2) is 13.1 Å². The Labute approximate surface area is 120 Å². The zero-order chi connectivity index (χ0) is 14.5. The van der Waals surface area contributed by atoms with E-state index in [9.17, 15) is 8.42 Å². The van der Waals surface area contributed by atoms with Crippen LogP contribution in [0, 0.1) is 0 Å². The third-order valence-electron chi connectivity index (χ3n) is 3.65. The largest absolute Gasteiger partial charge is 0.394 e. The number of benzene rings is 1. The first-order valence-electron chi connectivity index (χ1n) is 6.88. The van der Waals surface area contributed by atoms with Gasteiger partial charge in [-0.05, 0) is 25.0 Å². The second-order valence-corrected chi connectivity index (χ2v) is 6.87. The Morgan fingerprint density at radius 1 is 1.20 bits per heavy atom. The fourth-order valence-corrected chi connectivity index (χ4v) is 3.70. The van der Waals surface area contributed by atoms with E-state index in [1.165, 1.54) is 0 Å². The van der Waals surface area contributed by atoms with Gasteiger partial charge in [-0.1, -0.05) is 31.0 Å². The molecule has 2 rings (SSSR count). The molecule has 1 aliphatic rings. The summed E-state index contributed by atoms with van der Waals surface area (Å²) in [6.07, 6.45) is 3.70. The highest BCUT2D eigenvalue weighted by Gasteiger charge is 2.35. The summed E-state index contributed by atoms with van der Waals surface area (Å²) in [5, 5.41) is 8.88. The van der Waals surface area contributed by atoms with Gasteiger partial charge in [0.05, 0.1) is 23.7 Å². The Hall–Kier alpha value is -0.950. The number of ether oxygens (including phenoxy) is 1. The molecule has 112 valence electrons. The van der Waals surface area contributed by atoms with E-state index in [2.05, 4.69) is 4.72 Å². The van der Waals surface area contributed by atoms with Gasteiger partial charge in [0, 0.05) is 6.54 Å². The predicted octanol–water partition coefficient (Wildman–Crippen LogP) is 1.29. The summed E-state index contributed by atoms with van der Waals surface area (Å²) in [5.41, 5.74) is -0.468. The van der Waals surface area contributed by atoms with Gasteiger partial charge in [-0.3, -0.25) is 0 Å². The van der Waals surface area contributed by atoms with Crippen LogP contribution in [0.5, 0.6) is 0 Å². The van der Waals surface area contributed by atoms with Gasteiger partial charge in [-0.15, -0.1) is 0 Å². The standard InChI is InChI=1S/C14H21NO4S/c16-10-11-19-14(8-4-5-9-14)12-15-20(17,18)13-6-2-1-3-7-13/h1-3,6-7,15-16H,4-5,8-12H2. The van der Waals surface area contributed by atoms with Gasteiger partial charge in [0.15, 0.2) is 0 Å². The molecule has 20 heavy (non-hydrogen) atoms. The summed E-state index contributed by atoms with van der Waals surface area (Å²) in [5.74, 6) is 0. The molecule has 5 nitrogen and oxygen atoms in total. The van der Waals surface area contributed by atoms with Crippen LogP contribution in [-0.2, 0) is 14.8 Å². The van der Waals surface area contributed by atoms with E-state index in [-0.39, 0.29) is 24.7 Å². The monoisotopic (exact) mass is 299 g/mol. The maximum Gasteiger partial charge on any atom is 0.240 e. The van der Waals surface area contributed by atoms with Crippen molar-refractivity contribution in [1.29, 1.82) is 0 Å². The Kier molecular flexibility index (Phi) is 5.15. The molecule has 0 saturated heterocycles. The first kappa shape index (κ1) is 15.4. The van der Waals surface area contributed by atoms with E-state index in [1.54, 1.807) is 30.3 Å². The minimum absolute atomic E-state index is 0.0484. The molecule has 2 N–H and O–H groups in total. The van der Waals surface area contributed by atoms with Crippen molar-refractivity contribution in [1.82, 2.24) is 4.72 Å². The first-order valence-corrected chi connectivity index (χ1v) is 8.36. The summed E-state index contributed by atoms with van der Waals surface area (Å²) in [4.78, 5) is 0.260. The molecule has 0 spiro atoms. The van der Waals surface area contributed by atoms with Crippen LogP contribution < -0.4 is 4.72 Å². The Morgan fingerprint density at radius 2 is 1.85 bits per heavy atom. The van der Waals surface area contributed by atoms with Gasteiger partial charge in [0.2, 0.25) is 10.0 Å². The third kappa shape index (κ3) is 3.79. The van der Waals surface area contributed by atoms with Crippen molar-refractivity contribution in [2.75, 3.05) is 19.8 Å². The van der Waals surface area contributed by atoms with Gasteiger partial charge in [-0.2, -0.15) is 0 Å². The van der Waals surface area contributed by atoms with E-state index in [0.717, 1.165) is 25.7 Å². The smallest absolute Gasteiger partial charge is 0.240 e. The average molecular weight is 299 g/mol. The summed E-state index contributed by atoms with van der Waals surface area (Å²) < 4.78 is 32.7. The van der Waals surface area contributed by atoms with Crippen LogP contribution in [0.15, 0.2) is 35.2 Å². The number of sulfonamides is 1.